The van der Waals surface area contributed by atoms with E-state index >= 15 is 0 Å². The first kappa shape index (κ1) is 16.5. The molecule has 1 aliphatic heterocycles. The van der Waals surface area contributed by atoms with Crippen molar-refractivity contribution in [2.24, 2.45) is 0 Å². The van der Waals surface area contributed by atoms with E-state index in [0.29, 0.717) is 27.3 Å². The first-order valence-corrected chi connectivity index (χ1v) is 7.11. The number of likely N-dealkylation sites (N-methyl/N-ethyl adjacent to an activating group) is 1. The average Bonchev–Trinajstić information content (AvgIpc) is 2.92. The largest absolute Gasteiger partial charge is 0.334 e. The van der Waals surface area contributed by atoms with Crippen molar-refractivity contribution in [2.45, 2.75) is 6.04 Å². The number of hydrogen-bond donors (Lipinski definition) is 1. The highest BCUT2D eigenvalue weighted by molar-refractivity contribution is 6.43. The summed E-state index contributed by atoms with van der Waals surface area (Å²) in [5, 5.41) is 8.29. The van der Waals surface area contributed by atoms with E-state index in [1.165, 1.54) is 0 Å². The van der Waals surface area contributed by atoms with Crippen LogP contribution >= 0.6 is 35.6 Å². The van der Waals surface area contributed by atoms with Gasteiger partial charge in [0.05, 0.1) is 21.7 Å². The van der Waals surface area contributed by atoms with Crippen molar-refractivity contribution in [1.82, 2.24) is 20.4 Å². The number of halogens is 3. The Kier molecular flexibility index (Phi) is 5.46. The molecule has 8 heteroatoms. The van der Waals surface area contributed by atoms with Gasteiger partial charge in [0.25, 0.3) is 5.89 Å². The molecule has 2 aromatic rings. The number of nitrogens with zero attached hydrogens (tertiary/aromatic N) is 3. The third-order valence-corrected chi connectivity index (χ3v) is 4.25. The lowest BCUT2D eigenvalue weighted by Gasteiger charge is -2.30. The molecule has 1 N–H and O–H groups in total. The molecule has 3 rings (SSSR count). The molecule has 1 saturated heterocycles. The van der Waals surface area contributed by atoms with Crippen molar-refractivity contribution in [1.29, 1.82) is 0 Å². The van der Waals surface area contributed by atoms with Crippen molar-refractivity contribution in [3.05, 3.63) is 34.1 Å². The van der Waals surface area contributed by atoms with E-state index in [2.05, 4.69) is 20.4 Å². The van der Waals surface area contributed by atoms with E-state index < -0.39 is 0 Å². The van der Waals surface area contributed by atoms with Crippen LogP contribution < -0.4 is 5.32 Å². The van der Waals surface area contributed by atoms with Gasteiger partial charge < -0.3 is 9.84 Å². The number of hydrogen-bond acceptors (Lipinski definition) is 5. The Balaban J connectivity index is 0.00000161. The number of nitrogens with one attached hydrogen (secondary N) is 1. The Morgan fingerprint density at radius 1 is 1.38 bits per heavy atom. The van der Waals surface area contributed by atoms with Gasteiger partial charge >= 0.3 is 0 Å². The third kappa shape index (κ3) is 3.33. The Morgan fingerprint density at radius 3 is 2.95 bits per heavy atom. The highest BCUT2D eigenvalue weighted by Crippen LogP contribution is 2.33. The molecule has 0 aliphatic carbocycles. The van der Waals surface area contributed by atoms with Gasteiger partial charge in [-0.15, -0.1) is 12.4 Å². The molecular weight excluding hydrogens is 335 g/mol. The zero-order valence-electron chi connectivity index (χ0n) is 11.3. The minimum Gasteiger partial charge on any atom is -0.334 e. The second-order valence-electron chi connectivity index (χ2n) is 4.76. The number of piperazine rings is 1. The van der Waals surface area contributed by atoms with Crippen LogP contribution in [-0.4, -0.2) is 41.7 Å². The molecule has 1 atom stereocenters. The van der Waals surface area contributed by atoms with Gasteiger partial charge in [-0.25, -0.2) is 0 Å². The van der Waals surface area contributed by atoms with Crippen LogP contribution in [-0.2, 0) is 0 Å². The lowest BCUT2D eigenvalue weighted by atomic mass is 10.2. The second kappa shape index (κ2) is 6.94. The van der Waals surface area contributed by atoms with Crippen LogP contribution in [0.5, 0.6) is 0 Å². The molecule has 0 amide bonds. The van der Waals surface area contributed by atoms with Crippen molar-refractivity contribution in [2.75, 3.05) is 26.7 Å². The predicted molar refractivity (Wildman–Crippen MR) is 85.2 cm³/mol. The van der Waals surface area contributed by atoms with Gasteiger partial charge in [0.2, 0.25) is 0 Å². The normalized spacial score (nSPS) is 19.3. The molecule has 2 heterocycles. The summed E-state index contributed by atoms with van der Waals surface area (Å²) in [5.74, 6) is 1.05. The first-order chi connectivity index (χ1) is 9.66. The summed E-state index contributed by atoms with van der Waals surface area (Å²) in [6.07, 6.45) is 0. The van der Waals surface area contributed by atoms with Gasteiger partial charge in [0.15, 0.2) is 5.82 Å². The van der Waals surface area contributed by atoms with E-state index in [4.69, 9.17) is 27.7 Å². The standard InChI is InChI=1S/C13H14Cl2N4O.ClH/c1-19-6-5-16-7-10(19)12-17-13(20-18-12)8-3-2-4-9(14)11(8)15;/h2-4,10,16H,5-7H2,1H3;1H. The topological polar surface area (TPSA) is 54.2 Å². The summed E-state index contributed by atoms with van der Waals surface area (Å²) in [6.45, 7) is 2.73. The van der Waals surface area contributed by atoms with Crippen LogP contribution in [0.1, 0.15) is 11.9 Å². The lowest BCUT2D eigenvalue weighted by Crippen LogP contribution is -2.44. The molecule has 1 aliphatic rings. The maximum absolute atomic E-state index is 6.17. The molecular formula is C13H15Cl3N4O. The smallest absolute Gasteiger partial charge is 0.259 e. The van der Waals surface area contributed by atoms with Gasteiger partial charge in [0.1, 0.15) is 0 Å². The van der Waals surface area contributed by atoms with Gasteiger partial charge in [0, 0.05) is 19.6 Å². The molecule has 0 bridgehead atoms. The van der Waals surface area contributed by atoms with Crippen LogP contribution in [0.3, 0.4) is 0 Å². The molecule has 0 saturated carbocycles. The Labute approximate surface area is 139 Å². The fourth-order valence-electron chi connectivity index (χ4n) is 2.24. The fourth-order valence-corrected chi connectivity index (χ4v) is 2.62. The minimum absolute atomic E-state index is 0. The summed E-state index contributed by atoms with van der Waals surface area (Å²) in [6, 6.07) is 5.46. The van der Waals surface area contributed by atoms with Gasteiger partial charge in [-0.1, -0.05) is 34.4 Å². The van der Waals surface area contributed by atoms with Gasteiger partial charge in [-0.3, -0.25) is 4.90 Å². The molecule has 1 aromatic heterocycles. The summed E-state index contributed by atoms with van der Waals surface area (Å²) in [7, 11) is 2.05. The van der Waals surface area contributed by atoms with E-state index in [0.717, 1.165) is 19.6 Å². The molecule has 21 heavy (non-hydrogen) atoms. The summed E-state index contributed by atoms with van der Waals surface area (Å²) < 4.78 is 5.33. The SMILES string of the molecule is CN1CCNCC1c1noc(-c2cccc(Cl)c2Cl)n1.Cl. The molecule has 114 valence electrons. The zero-order chi connectivity index (χ0) is 14.1. The summed E-state index contributed by atoms with van der Waals surface area (Å²) >= 11 is 12.2. The van der Waals surface area contributed by atoms with Gasteiger partial charge in [-0.2, -0.15) is 4.98 Å². The number of rotatable bonds is 2. The molecule has 1 fully saturated rings. The Morgan fingerprint density at radius 2 is 2.19 bits per heavy atom. The minimum atomic E-state index is 0. The quantitative estimate of drug-likeness (QED) is 0.903. The van der Waals surface area contributed by atoms with Crippen molar-refractivity contribution in [3.63, 3.8) is 0 Å². The van der Waals surface area contributed by atoms with Crippen LogP contribution in [0.15, 0.2) is 22.7 Å². The molecule has 0 spiro atoms. The van der Waals surface area contributed by atoms with Crippen LogP contribution in [0.2, 0.25) is 10.0 Å². The van der Waals surface area contributed by atoms with Crippen molar-refractivity contribution in [3.8, 4) is 11.5 Å². The van der Waals surface area contributed by atoms with E-state index in [9.17, 15) is 0 Å². The van der Waals surface area contributed by atoms with Crippen LogP contribution in [0.25, 0.3) is 11.5 Å². The average molecular weight is 350 g/mol. The number of aromatic nitrogens is 2. The van der Waals surface area contributed by atoms with E-state index in [1.54, 1.807) is 6.07 Å². The van der Waals surface area contributed by atoms with Crippen molar-refractivity contribution >= 4 is 35.6 Å². The molecule has 1 aromatic carbocycles. The highest BCUT2D eigenvalue weighted by atomic mass is 35.5. The maximum Gasteiger partial charge on any atom is 0.259 e. The maximum atomic E-state index is 6.17. The van der Waals surface area contributed by atoms with Crippen molar-refractivity contribution < 1.29 is 4.52 Å². The number of benzene rings is 1. The predicted octanol–water partition coefficient (Wildman–Crippen LogP) is 3.04. The lowest BCUT2D eigenvalue weighted by molar-refractivity contribution is 0.190. The fraction of sp³-hybridized carbons (Fsp3) is 0.385. The van der Waals surface area contributed by atoms with Crippen LogP contribution in [0, 0.1) is 0 Å². The van der Waals surface area contributed by atoms with Gasteiger partial charge in [-0.05, 0) is 19.2 Å². The summed E-state index contributed by atoms with van der Waals surface area (Å²) in [4.78, 5) is 6.65. The molecule has 5 nitrogen and oxygen atoms in total. The Bertz CT molecular complexity index is 619. The first-order valence-electron chi connectivity index (χ1n) is 6.36. The second-order valence-corrected chi connectivity index (χ2v) is 5.54. The summed E-state index contributed by atoms with van der Waals surface area (Å²) in [5.41, 5.74) is 0.657. The van der Waals surface area contributed by atoms with E-state index in [1.807, 2.05) is 19.2 Å². The zero-order valence-corrected chi connectivity index (χ0v) is 13.7. The monoisotopic (exact) mass is 348 g/mol. The highest BCUT2D eigenvalue weighted by Gasteiger charge is 2.26. The third-order valence-electron chi connectivity index (χ3n) is 3.43. The van der Waals surface area contributed by atoms with E-state index in [-0.39, 0.29) is 18.4 Å². The molecule has 0 radical (unpaired) electrons. The van der Waals surface area contributed by atoms with Crippen LogP contribution in [0.4, 0.5) is 0 Å². The Hall–Kier alpha value is -0.850. The molecule has 1 unspecified atom stereocenters.